The molecular weight excluding hydrogens is 280 g/mol. The van der Waals surface area contributed by atoms with Gasteiger partial charge in [-0.1, -0.05) is 37.3 Å². The van der Waals surface area contributed by atoms with Crippen LogP contribution in [0.5, 0.6) is 0 Å². The molecule has 0 aliphatic rings. The Hall–Kier alpha value is -2.04. The summed E-state index contributed by atoms with van der Waals surface area (Å²) in [4.78, 5) is 24.6. The van der Waals surface area contributed by atoms with Gasteiger partial charge in [0.25, 0.3) is 0 Å². The molecule has 122 valence electrons. The van der Waals surface area contributed by atoms with Crippen LogP contribution in [-0.2, 0) is 11.2 Å². The van der Waals surface area contributed by atoms with Crippen molar-refractivity contribution in [1.29, 1.82) is 0 Å². The number of carbonyl (C=O) groups is 2. The van der Waals surface area contributed by atoms with Crippen LogP contribution < -0.4 is 5.32 Å². The summed E-state index contributed by atoms with van der Waals surface area (Å²) in [5.74, 6) is -0.836. The Bertz CT molecular complexity index is 462. The molecule has 2 amide bonds. The van der Waals surface area contributed by atoms with E-state index in [4.69, 9.17) is 5.11 Å². The molecule has 22 heavy (non-hydrogen) atoms. The van der Waals surface area contributed by atoms with Gasteiger partial charge in [-0.05, 0) is 31.7 Å². The zero-order valence-electron chi connectivity index (χ0n) is 13.4. The summed E-state index contributed by atoms with van der Waals surface area (Å²) in [6.07, 6.45) is 2.24. The molecule has 0 bridgehead atoms. The van der Waals surface area contributed by atoms with E-state index in [0.717, 1.165) is 12.8 Å². The maximum atomic E-state index is 12.3. The Kier molecular flexibility index (Phi) is 8.04. The first-order chi connectivity index (χ1) is 10.6. The molecule has 1 aromatic carbocycles. The summed E-state index contributed by atoms with van der Waals surface area (Å²) in [6.45, 7) is 5.07. The van der Waals surface area contributed by atoms with Crippen molar-refractivity contribution in [3.8, 4) is 0 Å². The Morgan fingerprint density at radius 1 is 1.23 bits per heavy atom. The molecule has 0 fully saturated rings. The highest BCUT2D eigenvalue weighted by atomic mass is 16.4. The minimum atomic E-state index is -0.836. The fourth-order valence-electron chi connectivity index (χ4n) is 2.47. The first-order valence-electron chi connectivity index (χ1n) is 7.88. The monoisotopic (exact) mass is 306 g/mol. The molecule has 0 heterocycles. The Balaban J connectivity index is 2.54. The third-order valence-electron chi connectivity index (χ3n) is 3.67. The van der Waals surface area contributed by atoms with Gasteiger partial charge in [-0.3, -0.25) is 4.79 Å². The van der Waals surface area contributed by atoms with Gasteiger partial charge < -0.3 is 15.3 Å². The predicted molar refractivity (Wildman–Crippen MR) is 86.9 cm³/mol. The standard InChI is InChI=1S/C17H26N2O3/c1-3-15(13-14-9-6-5-7-10-14)19(4-2)17(22)18-12-8-11-16(20)21/h5-7,9-10,15H,3-4,8,11-13H2,1-2H3,(H,18,22)(H,20,21). The van der Waals surface area contributed by atoms with Crippen LogP contribution in [0.3, 0.4) is 0 Å². The number of likely N-dealkylation sites (N-methyl/N-ethyl adjacent to an activating group) is 1. The van der Waals surface area contributed by atoms with Crippen LogP contribution in [0, 0.1) is 0 Å². The molecule has 1 unspecified atom stereocenters. The lowest BCUT2D eigenvalue weighted by Gasteiger charge is -2.30. The third-order valence-corrected chi connectivity index (χ3v) is 3.67. The van der Waals surface area contributed by atoms with E-state index in [9.17, 15) is 9.59 Å². The maximum absolute atomic E-state index is 12.3. The second-order valence-corrected chi connectivity index (χ2v) is 5.27. The van der Waals surface area contributed by atoms with Crippen molar-refractivity contribution < 1.29 is 14.7 Å². The summed E-state index contributed by atoms with van der Waals surface area (Å²) in [6, 6.07) is 10.2. The van der Waals surface area contributed by atoms with Gasteiger partial charge in [0.15, 0.2) is 0 Å². The highest BCUT2D eigenvalue weighted by Crippen LogP contribution is 2.12. The van der Waals surface area contributed by atoms with Crippen molar-refractivity contribution in [3.05, 3.63) is 35.9 Å². The van der Waals surface area contributed by atoms with Crippen molar-refractivity contribution in [2.24, 2.45) is 0 Å². The number of aliphatic carboxylic acids is 1. The van der Waals surface area contributed by atoms with Crippen LogP contribution in [-0.4, -0.2) is 41.1 Å². The molecule has 0 aliphatic carbocycles. The quantitative estimate of drug-likeness (QED) is 0.689. The van der Waals surface area contributed by atoms with Crippen LogP contribution in [0.2, 0.25) is 0 Å². The molecule has 0 saturated carbocycles. The van der Waals surface area contributed by atoms with E-state index in [1.54, 1.807) is 0 Å². The lowest BCUT2D eigenvalue weighted by atomic mass is 10.0. The average molecular weight is 306 g/mol. The van der Waals surface area contributed by atoms with Crippen molar-refractivity contribution in [2.45, 2.75) is 45.6 Å². The number of carbonyl (C=O) groups excluding carboxylic acids is 1. The number of rotatable bonds is 9. The van der Waals surface area contributed by atoms with Gasteiger partial charge >= 0.3 is 12.0 Å². The molecule has 0 saturated heterocycles. The number of nitrogens with zero attached hydrogens (tertiary/aromatic N) is 1. The molecule has 5 nitrogen and oxygen atoms in total. The number of carboxylic acid groups (broad SMARTS) is 1. The van der Waals surface area contributed by atoms with Crippen LogP contribution in [0.4, 0.5) is 4.79 Å². The van der Waals surface area contributed by atoms with Gasteiger partial charge in [-0.25, -0.2) is 4.79 Å². The lowest BCUT2D eigenvalue weighted by Crippen LogP contribution is -2.47. The van der Waals surface area contributed by atoms with E-state index in [0.29, 0.717) is 19.5 Å². The molecule has 0 aliphatic heterocycles. The van der Waals surface area contributed by atoms with E-state index < -0.39 is 5.97 Å². The summed E-state index contributed by atoms with van der Waals surface area (Å²) >= 11 is 0. The molecule has 1 atom stereocenters. The summed E-state index contributed by atoms with van der Waals surface area (Å²) in [7, 11) is 0. The van der Waals surface area contributed by atoms with Crippen molar-refractivity contribution in [2.75, 3.05) is 13.1 Å². The van der Waals surface area contributed by atoms with Crippen molar-refractivity contribution in [1.82, 2.24) is 10.2 Å². The summed E-state index contributed by atoms with van der Waals surface area (Å²) in [5.41, 5.74) is 1.21. The predicted octanol–water partition coefficient (Wildman–Crippen LogP) is 2.90. The van der Waals surface area contributed by atoms with Gasteiger partial charge in [-0.2, -0.15) is 0 Å². The van der Waals surface area contributed by atoms with Gasteiger partial charge in [0.2, 0.25) is 0 Å². The lowest BCUT2D eigenvalue weighted by molar-refractivity contribution is -0.137. The van der Waals surface area contributed by atoms with Crippen LogP contribution in [0.15, 0.2) is 30.3 Å². The number of urea groups is 1. The van der Waals surface area contributed by atoms with E-state index in [-0.39, 0.29) is 18.5 Å². The molecule has 1 aromatic rings. The molecular formula is C17H26N2O3. The Morgan fingerprint density at radius 2 is 1.91 bits per heavy atom. The zero-order valence-corrected chi connectivity index (χ0v) is 13.4. The number of nitrogens with one attached hydrogen (secondary N) is 1. The topological polar surface area (TPSA) is 69.6 Å². The van der Waals surface area contributed by atoms with Crippen LogP contribution in [0.25, 0.3) is 0 Å². The number of amides is 2. The van der Waals surface area contributed by atoms with Crippen molar-refractivity contribution in [3.63, 3.8) is 0 Å². The van der Waals surface area contributed by atoms with Gasteiger partial charge in [0.05, 0.1) is 0 Å². The number of hydrogen-bond donors (Lipinski definition) is 2. The van der Waals surface area contributed by atoms with E-state index in [2.05, 4.69) is 24.4 Å². The van der Waals surface area contributed by atoms with E-state index in [1.165, 1.54) is 5.56 Å². The second kappa shape index (κ2) is 9.82. The second-order valence-electron chi connectivity index (χ2n) is 5.27. The first kappa shape index (κ1) is 18.0. The van der Waals surface area contributed by atoms with Gasteiger partial charge in [0.1, 0.15) is 0 Å². The normalized spacial score (nSPS) is 11.7. The number of hydrogen-bond acceptors (Lipinski definition) is 2. The minimum Gasteiger partial charge on any atom is -0.481 e. The maximum Gasteiger partial charge on any atom is 0.317 e. The molecule has 1 rings (SSSR count). The van der Waals surface area contributed by atoms with Crippen LogP contribution in [0.1, 0.15) is 38.7 Å². The fourth-order valence-corrected chi connectivity index (χ4v) is 2.47. The van der Waals surface area contributed by atoms with Gasteiger partial charge in [0, 0.05) is 25.6 Å². The highest BCUT2D eigenvalue weighted by molar-refractivity contribution is 5.74. The molecule has 0 radical (unpaired) electrons. The third kappa shape index (κ3) is 6.16. The highest BCUT2D eigenvalue weighted by Gasteiger charge is 2.20. The first-order valence-corrected chi connectivity index (χ1v) is 7.88. The smallest absolute Gasteiger partial charge is 0.317 e. The SMILES string of the molecule is CCC(Cc1ccccc1)N(CC)C(=O)NCCCC(=O)O. The molecule has 2 N–H and O–H groups in total. The zero-order chi connectivity index (χ0) is 16.4. The molecule has 0 aromatic heterocycles. The largest absolute Gasteiger partial charge is 0.481 e. The number of benzene rings is 1. The van der Waals surface area contributed by atoms with E-state index in [1.807, 2.05) is 30.0 Å². The number of carboxylic acids is 1. The average Bonchev–Trinajstić information content (AvgIpc) is 2.52. The Labute approximate surface area is 132 Å². The molecule has 0 spiro atoms. The van der Waals surface area contributed by atoms with Crippen molar-refractivity contribution >= 4 is 12.0 Å². The van der Waals surface area contributed by atoms with Crippen LogP contribution >= 0.6 is 0 Å². The fraction of sp³-hybridized carbons (Fsp3) is 0.529. The summed E-state index contributed by atoms with van der Waals surface area (Å²) in [5, 5.41) is 11.4. The Morgan fingerprint density at radius 3 is 2.45 bits per heavy atom. The summed E-state index contributed by atoms with van der Waals surface area (Å²) < 4.78 is 0. The molecule has 5 heteroatoms. The minimum absolute atomic E-state index is 0.0770. The van der Waals surface area contributed by atoms with E-state index >= 15 is 0 Å². The van der Waals surface area contributed by atoms with Gasteiger partial charge in [-0.15, -0.1) is 0 Å².